The molecular weight excluding hydrogens is 372 g/mol. The third kappa shape index (κ3) is 3.75. The van der Waals surface area contributed by atoms with Gasteiger partial charge in [0.2, 0.25) is 5.91 Å². The first-order valence-corrected chi connectivity index (χ1v) is 10.7. The Balaban J connectivity index is 1.49. The van der Waals surface area contributed by atoms with Gasteiger partial charge in [0.25, 0.3) is 5.91 Å². The molecule has 7 heteroatoms. The average molecular weight is 395 g/mol. The lowest BCUT2D eigenvalue weighted by Crippen LogP contribution is -2.32. The summed E-state index contributed by atoms with van der Waals surface area (Å²) in [6.07, 6.45) is 3.03. The number of nitrogens with zero attached hydrogens (tertiary/aromatic N) is 1. The Morgan fingerprint density at radius 3 is 2.82 bits per heavy atom. The van der Waals surface area contributed by atoms with Gasteiger partial charge in [0.1, 0.15) is 5.82 Å². The summed E-state index contributed by atoms with van der Waals surface area (Å²) in [4.78, 5) is 32.8. The van der Waals surface area contributed by atoms with Crippen molar-refractivity contribution in [2.45, 2.75) is 24.9 Å². The van der Waals surface area contributed by atoms with Crippen LogP contribution >= 0.6 is 11.8 Å². The molecule has 0 saturated carbocycles. The van der Waals surface area contributed by atoms with Gasteiger partial charge in [-0.05, 0) is 42.2 Å². The molecule has 1 aromatic heterocycles. The lowest BCUT2D eigenvalue weighted by Gasteiger charge is -2.18. The average Bonchev–Trinajstić information content (AvgIpc) is 3.27. The Kier molecular flexibility index (Phi) is 5.34. The SMILES string of the molecule is CSCC[C@@H](NC(=O)C[C@H]1NC(=O)c2ccccc21)c1nc2ccccc2[nH]1. The number of hydrogen-bond acceptors (Lipinski definition) is 4. The van der Waals surface area contributed by atoms with E-state index in [1.165, 1.54) is 0 Å². The van der Waals surface area contributed by atoms with Crippen molar-refractivity contribution in [3.05, 3.63) is 65.5 Å². The third-order valence-electron chi connectivity index (χ3n) is 4.96. The van der Waals surface area contributed by atoms with Crippen LogP contribution in [0.25, 0.3) is 11.0 Å². The number of fused-ring (bicyclic) bond motifs is 2. The standard InChI is InChI=1S/C21H22N4O2S/c1-28-11-10-17(20-23-15-8-4-5-9-16(15)24-20)22-19(26)12-18-13-6-2-3-7-14(13)21(27)25-18/h2-9,17-18H,10-12H2,1H3,(H,22,26)(H,23,24)(H,25,27)/t17-,18-/m1/s1. The van der Waals surface area contributed by atoms with Crippen molar-refractivity contribution in [3.63, 3.8) is 0 Å². The van der Waals surface area contributed by atoms with Crippen molar-refractivity contribution in [1.82, 2.24) is 20.6 Å². The van der Waals surface area contributed by atoms with E-state index in [9.17, 15) is 9.59 Å². The molecule has 144 valence electrons. The second kappa shape index (κ2) is 8.06. The van der Waals surface area contributed by atoms with Crippen LogP contribution in [-0.2, 0) is 4.79 Å². The van der Waals surface area contributed by atoms with E-state index in [4.69, 9.17) is 0 Å². The second-order valence-electron chi connectivity index (χ2n) is 6.86. The number of hydrogen-bond donors (Lipinski definition) is 3. The number of amides is 2. The monoisotopic (exact) mass is 394 g/mol. The molecule has 6 nitrogen and oxygen atoms in total. The van der Waals surface area contributed by atoms with Crippen LogP contribution in [0.1, 0.15) is 46.7 Å². The van der Waals surface area contributed by atoms with Crippen molar-refractivity contribution in [2.24, 2.45) is 0 Å². The second-order valence-corrected chi connectivity index (χ2v) is 7.84. The molecule has 0 aliphatic carbocycles. The first kappa shape index (κ1) is 18.6. The largest absolute Gasteiger partial charge is 0.346 e. The number of aromatic amines is 1. The van der Waals surface area contributed by atoms with Gasteiger partial charge in [0, 0.05) is 5.56 Å². The van der Waals surface area contributed by atoms with Gasteiger partial charge in [-0.2, -0.15) is 11.8 Å². The van der Waals surface area contributed by atoms with E-state index < -0.39 is 0 Å². The van der Waals surface area contributed by atoms with Crippen LogP contribution in [0.2, 0.25) is 0 Å². The minimum Gasteiger partial charge on any atom is -0.346 e. The topological polar surface area (TPSA) is 86.9 Å². The summed E-state index contributed by atoms with van der Waals surface area (Å²) in [5.74, 6) is 1.45. The van der Waals surface area contributed by atoms with Crippen molar-refractivity contribution in [1.29, 1.82) is 0 Å². The molecule has 2 atom stereocenters. The Bertz CT molecular complexity index is 983. The Morgan fingerprint density at radius 2 is 2.00 bits per heavy atom. The van der Waals surface area contributed by atoms with Crippen molar-refractivity contribution < 1.29 is 9.59 Å². The molecule has 3 N–H and O–H groups in total. The summed E-state index contributed by atoms with van der Waals surface area (Å²) in [5, 5.41) is 6.00. The highest BCUT2D eigenvalue weighted by Gasteiger charge is 2.30. The van der Waals surface area contributed by atoms with Crippen molar-refractivity contribution in [2.75, 3.05) is 12.0 Å². The zero-order valence-corrected chi connectivity index (χ0v) is 16.4. The van der Waals surface area contributed by atoms with Gasteiger partial charge in [-0.3, -0.25) is 9.59 Å². The number of para-hydroxylation sites is 2. The predicted molar refractivity (Wildman–Crippen MR) is 111 cm³/mol. The number of carbonyl (C=O) groups is 2. The van der Waals surface area contributed by atoms with Gasteiger partial charge in [-0.1, -0.05) is 30.3 Å². The van der Waals surface area contributed by atoms with Crippen LogP contribution in [0.15, 0.2) is 48.5 Å². The van der Waals surface area contributed by atoms with Gasteiger partial charge in [-0.25, -0.2) is 4.98 Å². The van der Waals surface area contributed by atoms with Crippen molar-refractivity contribution >= 4 is 34.6 Å². The van der Waals surface area contributed by atoms with Crippen LogP contribution in [0.4, 0.5) is 0 Å². The predicted octanol–water partition coefficient (Wildman–Crippen LogP) is 3.35. The van der Waals surface area contributed by atoms with E-state index in [2.05, 4.69) is 20.6 Å². The minimum atomic E-state index is -0.291. The van der Waals surface area contributed by atoms with Gasteiger partial charge in [-0.15, -0.1) is 0 Å². The highest BCUT2D eigenvalue weighted by atomic mass is 32.2. The number of thioether (sulfide) groups is 1. The summed E-state index contributed by atoms with van der Waals surface area (Å²) in [5.41, 5.74) is 3.37. The lowest BCUT2D eigenvalue weighted by molar-refractivity contribution is -0.122. The summed E-state index contributed by atoms with van der Waals surface area (Å²) >= 11 is 1.73. The van der Waals surface area contributed by atoms with Gasteiger partial charge in [0.05, 0.1) is 29.5 Å². The molecule has 0 bridgehead atoms. The molecule has 3 aromatic rings. The molecular formula is C21H22N4O2S. The fraction of sp³-hybridized carbons (Fsp3) is 0.286. The molecule has 4 rings (SSSR count). The number of H-pyrrole nitrogens is 1. The van der Waals surface area contributed by atoms with Gasteiger partial charge < -0.3 is 15.6 Å². The molecule has 0 spiro atoms. The van der Waals surface area contributed by atoms with E-state index in [0.717, 1.165) is 34.6 Å². The Labute approximate surface area is 167 Å². The van der Waals surface area contributed by atoms with E-state index in [1.54, 1.807) is 17.8 Å². The van der Waals surface area contributed by atoms with Gasteiger partial charge >= 0.3 is 0 Å². The quantitative estimate of drug-likeness (QED) is 0.574. The number of carbonyl (C=O) groups excluding carboxylic acids is 2. The molecule has 0 unspecified atom stereocenters. The van der Waals surface area contributed by atoms with E-state index in [-0.39, 0.29) is 30.3 Å². The van der Waals surface area contributed by atoms with E-state index in [1.807, 2.05) is 48.7 Å². The van der Waals surface area contributed by atoms with Crippen LogP contribution in [0.5, 0.6) is 0 Å². The Hall–Kier alpha value is -2.80. The molecule has 1 aliphatic rings. The van der Waals surface area contributed by atoms with E-state index >= 15 is 0 Å². The minimum absolute atomic E-state index is 0.103. The molecule has 0 fully saturated rings. The first-order chi connectivity index (χ1) is 13.7. The van der Waals surface area contributed by atoms with E-state index in [0.29, 0.717) is 5.56 Å². The Morgan fingerprint density at radius 1 is 1.21 bits per heavy atom. The summed E-state index contributed by atoms with van der Waals surface area (Å²) in [6, 6.07) is 14.8. The fourth-order valence-electron chi connectivity index (χ4n) is 3.57. The van der Waals surface area contributed by atoms with Crippen LogP contribution in [0, 0.1) is 0 Å². The normalized spacial score (nSPS) is 16.6. The number of imidazole rings is 1. The van der Waals surface area contributed by atoms with Crippen LogP contribution in [-0.4, -0.2) is 33.8 Å². The summed E-state index contributed by atoms with van der Waals surface area (Å²) < 4.78 is 0. The van der Waals surface area contributed by atoms with Crippen LogP contribution in [0.3, 0.4) is 0 Å². The van der Waals surface area contributed by atoms with Crippen LogP contribution < -0.4 is 10.6 Å². The highest BCUT2D eigenvalue weighted by molar-refractivity contribution is 7.98. The molecule has 2 amide bonds. The molecule has 28 heavy (non-hydrogen) atoms. The maximum absolute atomic E-state index is 12.8. The highest BCUT2D eigenvalue weighted by Crippen LogP contribution is 2.28. The number of aromatic nitrogens is 2. The lowest BCUT2D eigenvalue weighted by atomic mass is 10.0. The zero-order chi connectivity index (χ0) is 19.5. The van der Waals surface area contributed by atoms with Gasteiger partial charge in [0.15, 0.2) is 0 Å². The molecule has 0 radical (unpaired) electrons. The molecule has 2 aromatic carbocycles. The van der Waals surface area contributed by atoms with Crippen molar-refractivity contribution in [3.8, 4) is 0 Å². The zero-order valence-electron chi connectivity index (χ0n) is 15.6. The summed E-state index contributed by atoms with van der Waals surface area (Å²) in [6.45, 7) is 0. The maximum atomic E-state index is 12.8. The molecule has 1 aliphatic heterocycles. The summed E-state index contributed by atoms with van der Waals surface area (Å²) in [7, 11) is 0. The molecule has 2 heterocycles. The number of nitrogens with one attached hydrogen (secondary N) is 3. The maximum Gasteiger partial charge on any atom is 0.252 e. The number of benzene rings is 2. The smallest absolute Gasteiger partial charge is 0.252 e. The third-order valence-corrected chi connectivity index (χ3v) is 5.60. The molecule has 0 saturated heterocycles. The number of rotatable bonds is 7. The fourth-order valence-corrected chi connectivity index (χ4v) is 4.04. The first-order valence-electron chi connectivity index (χ1n) is 9.28.